The second-order valence-corrected chi connectivity index (χ2v) is 12.2. The average Bonchev–Trinajstić information content (AvgIpc) is 3.23. The molecular formula is C30H21Cl5N2O4S. The van der Waals surface area contributed by atoms with Gasteiger partial charge in [0.2, 0.25) is 0 Å². The SMILES string of the molecule is CCOC(=O)C1=C(C)N=c2s/c(=C\c3cc(Cl)cc(Cl)c3OCc3ccc(Cl)c(Cl)c3)c(=O)n2[C@H]1c1ccccc1Cl. The van der Waals surface area contributed by atoms with Crippen molar-refractivity contribution in [2.24, 2.45) is 4.99 Å². The monoisotopic (exact) mass is 680 g/mol. The molecule has 0 unspecified atom stereocenters. The standard InChI is InChI=1S/C30H21Cl5N2O4S/c1-3-40-29(39)25-15(2)36-30-37(26(25)19-6-4-5-7-20(19)32)28(38)24(42-30)12-17-11-18(31)13-23(35)27(17)41-14-16-8-9-21(33)22(34)10-16/h4-13,26H,3,14H2,1-2H3/b24-12-/t26-/m0/s1. The van der Waals surface area contributed by atoms with Crippen molar-refractivity contribution in [3.63, 3.8) is 0 Å². The van der Waals surface area contributed by atoms with Crippen LogP contribution in [0.4, 0.5) is 0 Å². The van der Waals surface area contributed by atoms with Crippen molar-refractivity contribution in [3.8, 4) is 5.75 Å². The zero-order chi connectivity index (χ0) is 30.1. The van der Waals surface area contributed by atoms with Crippen molar-refractivity contribution >= 4 is 81.4 Å². The second-order valence-electron chi connectivity index (χ2n) is 9.17. The molecule has 42 heavy (non-hydrogen) atoms. The Morgan fingerprint density at radius 2 is 1.76 bits per heavy atom. The van der Waals surface area contributed by atoms with Crippen LogP contribution in [0.5, 0.6) is 5.75 Å². The number of carbonyl (C=O) groups excluding carboxylic acids is 1. The molecule has 4 aromatic rings. The summed E-state index contributed by atoms with van der Waals surface area (Å²) in [7, 11) is 0. The fraction of sp³-hybridized carbons (Fsp3) is 0.167. The van der Waals surface area contributed by atoms with Crippen LogP contribution < -0.4 is 19.6 Å². The Bertz CT molecular complexity index is 1930. The predicted octanol–water partition coefficient (Wildman–Crippen LogP) is 7.64. The van der Waals surface area contributed by atoms with Crippen LogP contribution >= 0.6 is 69.3 Å². The highest BCUT2D eigenvalue weighted by molar-refractivity contribution is 7.07. The summed E-state index contributed by atoms with van der Waals surface area (Å²) in [5.41, 5.74) is 2.10. The van der Waals surface area contributed by atoms with Crippen molar-refractivity contribution in [1.29, 1.82) is 0 Å². The molecule has 216 valence electrons. The molecule has 0 N–H and O–H groups in total. The maximum absolute atomic E-state index is 14.0. The van der Waals surface area contributed by atoms with Crippen molar-refractivity contribution in [1.82, 2.24) is 4.57 Å². The molecular weight excluding hydrogens is 662 g/mol. The van der Waals surface area contributed by atoms with Gasteiger partial charge in [-0.2, -0.15) is 0 Å². The lowest BCUT2D eigenvalue weighted by molar-refractivity contribution is -0.139. The average molecular weight is 683 g/mol. The van der Waals surface area contributed by atoms with Crippen LogP contribution in [-0.2, 0) is 16.1 Å². The number of fused-ring (bicyclic) bond motifs is 1. The van der Waals surface area contributed by atoms with E-state index in [1.165, 1.54) is 4.57 Å². The highest BCUT2D eigenvalue weighted by atomic mass is 35.5. The predicted molar refractivity (Wildman–Crippen MR) is 169 cm³/mol. The summed E-state index contributed by atoms with van der Waals surface area (Å²) in [6.07, 6.45) is 1.64. The lowest BCUT2D eigenvalue weighted by atomic mass is 9.96. The molecule has 0 radical (unpaired) electrons. The number of thiazole rings is 1. The van der Waals surface area contributed by atoms with Gasteiger partial charge in [0.15, 0.2) is 4.80 Å². The van der Waals surface area contributed by atoms with Crippen LogP contribution in [0.3, 0.4) is 0 Å². The first kappa shape index (κ1) is 30.7. The van der Waals surface area contributed by atoms with E-state index in [9.17, 15) is 9.59 Å². The Morgan fingerprint density at radius 3 is 2.48 bits per heavy atom. The maximum Gasteiger partial charge on any atom is 0.338 e. The Kier molecular flexibility index (Phi) is 9.38. The van der Waals surface area contributed by atoms with Crippen LogP contribution in [0.15, 0.2) is 75.7 Å². The van der Waals surface area contributed by atoms with E-state index < -0.39 is 12.0 Å². The molecule has 1 aliphatic rings. The zero-order valence-electron chi connectivity index (χ0n) is 22.1. The molecule has 0 saturated carbocycles. The summed E-state index contributed by atoms with van der Waals surface area (Å²) in [4.78, 5) is 32.1. The van der Waals surface area contributed by atoms with E-state index in [0.29, 0.717) is 52.0 Å². The molecule has 0 aliphatic carbocycles. The molecule has 0 bridgehead atoms. The second kappa shape index (κ2) is 12.8. The third-order valence-electron chi connectivity index (χ3n) is 6.41. The van der Waals surface area contributed by atoms with Crippen LogP contribution in [0, 0.1) is 0 Å². The zero-order valence-corrected chi connectivity index (χ0v) is 26.7. The first-order chi connectivity index (χ1) is 20.1. The van der Waals surface area contributed by atoms with Gasteiger partial charge < -0.3 is 9.47 Å². The lowest BCUT2D eigenvalue weighted by Gasteiger charge is -2.25. The molecule has 5 rings (SSSR count). The Labute approximate surface area is 270 Å². The van der Waals surface area contributed by atoms with Gasteiger partial charge in [-0.25, -0.2) is 9.79 Å². The molecule has 1 aromatic heterocycles. The molecule has 2 heterocycles. The van der Waals surface area contributed by atoms with Crippen molar-refractivity contribution in [2.45, 2.75) is 26.5 Å². The summed E-state index contributed by atoms with van der Waals surface area (Å²) >= 11 is 32.8. The van der Waals surface area contributed by atoms with Crippen LogP contribution in [0.2, 0.25) is 25.1 Å². The molecule has 6 nitrogen and oxygen atoms in total. The van der Waals surface area contributed by atoms with E-state index >= 15 is 0 Å². The van der Waals surface area contributed by atoms with Gasteiger partial charge in [-0.05, 0) is 61.4 Å². The highest BCUT2D eigenvalue weighted by Gasteiger charge is 2.34. The molecule has 0 saturated heterocycles. The van der Waals surface area contributed by atoms with Gasteiger partial charge in [0.05, 0.1) is 37.5 Å². The Balaban J connectivity index is 1.65. The topological polar surface area (TPSA) is 69.9 Å². The van der Waals surface area contributed by atoms with Crippen LogP contribution in [-0.4, -0.2) is 17.1 Å². The fourth-order valence-corrected chi connectivity index (χ4v) is 6.71. The minimum Gasteiger partial charge on any atom is -0.487 e. The molecule has 12 heteroatoms. The fourth-order valence-electron chi connectivity index (χ4n) is 4.55. The van der Waals surface area contributed by atoms with E-state index in [1.54, 1.807) is 74.5 Å². The van der Waals surface area contributed by atoms with Crippen molar-refractivity contribution in [3.05, 3.63) is 127 Å². The summed E-state index contributed by atoms with van der Waals surface area (Å²) in [6.45, 7) is 3.72. The third kappa shape index (κ3) is 6.13. The Morgan fingerprint density at radius 1 is 1.00 bits per heavy atom. The van der Waals surface area contributed by atoms with E-state index in [4.69, 9.17) is 67.5 Å². The molecule has 1 aliphatic heterocycles. The van der Waals surface area contributed by atoms with Crippen molar-refractivity contribution < 1.29 is 14.3 Å². The summed E-state index contributed by atoms with van der Waals surface area (Å²) in [5, 5.41) is 1.84. The van der Waals surface area contributed by atoms with E-state index in [0.717, 1.165) is 16.9 Å². The first-order valence-electron chi connectivity index (χ1n) is 12.6. The van der Waals surface area contributed by atoms with Gasteiger partial charge >= 0.3 is 5.97 Å². The van der Waals surface area contributed by atoms with Gasteiger partial charge in [-0.1, -0.05) is 93.6 Å². The summed E-state index contributed by atoms with van der Waals surface area (Å²) < 4.78 is 13.2. The third-order valence-corrected chi connectivity index (χ3v) is 8.97. The normalized spacial score (nSPS) is 14.9. The Hall–Kier alpha value is -2.78. The number of halogens is 5. The number of esters is 1. The number of benzene rings is 3. The van der Waals surface area contributed by atoms with Gasteiger partial charge in [-0.3, -0.25) is 9.36 Å². The number of hydrogen-bond donors (Lipinski definition) is 0. The quantitative estimate of drug-likeness (QED) is 0.188. The summed E-state index contributed by atoms with van der Waals surface area (Å²) in [5.74, 6) is -0.249. The largest absolute Gasteiger partial charge is 0.487 e. The number of hydrogen-bond acceptors (Lipinski definition) is 6. The number of rotatable bonds is 7. The highest BCUT2D eigenvalue weighted by Crippen LogP contribution is 2.36. The molecule has 0 amide bonds. The van der Waals surface area contributed by atoms with Gasteiger partial charge in [0.1, 0.15) is 18.4 Å². The number of carbonyl (C=O) groups is 1. The van der Waals surface area contributed by atoms with E-state index in [2.05, 4.69) is 4.99 Å². The van der Waals surface area contributed by atoms with Crippen LogP contribution in [0.1, 0.15) is 36.6 Å². The number of aromatic nitrogens is 1. The minimum atomic E-state index is -0.843. The lowest BCUT2D eigenvalue weighted by Crippen LogP contribution is -2.40. The van der Waals surface area contributed by atoms with Gasteiger partial charge in [-0.15, -0.1) is 0 Å². The maximum atomic E-state index is 14.0. The first-order valence-corrected chi connectivity index (χ1v) is 15.3. The molecule has 0 spiro atoms. The van der Waals surface area contributed by atoms with E-state index in [-0.39, 0.29) is 29.4 Å². The van der Waals surface area contributed by atoms with E-state index in [1.807, 2.05) is 0 Å². The van der Waals surface area contributed by atoms with Crippen molar-refractivity contribution in [2.75, 3.05) is 6.61 Å². The van der Waals surface area contributed by atoms with Crippen LogP contribution in [0.25, 0.3) is 6.08 Å². The molecule has 3 aromatic carbocycles. The van der Waals surface area contributed by atoms with Gasteiger partial charge in [0.25, 0.3) is 5.56 Å². The number of ether oxygens (including phenoxy) is 2. The number of allylic oxidation sites excluding steroid dienone is 1. The number of nitrogens with zero attached hydrogens (tertiary/aromatic N) is 2. The smallest absolute Gasteiger partial charge is 0.338 e. The molecule has 0 fully saturated rings. The van der Waals surface area contributed by atoms with Gasteiger partial charge in [0, 0.05) is 15.6 Å². The minimum absolute atomic E-state index is 0.134. The molecule has 1 atom stereocenters. The summed E-state index contributed by atoms with van der Waals surface area (Å²) in [6, 6.07) is 14.6.